The largest absolute Gasteiger partial charge is 0.388 e. The fourth-order valence-corrected chi connectivity index (χ4v) is 6.20. The van der Waals surface area contributed by atoms with Gasteiger partial charge in [-0.25, -0.2) is 4.89 Å². The van der Waals surface area contributed by atoms with E-state index in [1.54, 1.807) is 6.08 Å². The molecule has 0 radical (unpaired) electrons. The maximum absolute atomic E-state index is 11.8. The van der Waals surface area contributed by atoms with E-state index >= 15 is 0 Å². The average molecular weight is 343 g/mol. The van der Waals surface area contributed by atoms with Crippen LogP contribution in [0.25, 0.3) is 0 Å². The van der Waals surface area contributed by atoms with Crippen molar-refractivity contribution in [1.29, 1.82) is 5.26 Å². The molecule has 0 saturated heterocycles. The molecule has 0 amide bonds. The molecular formula is C20H25NO4. The van der Waals surface area contributed by atoms with Crippen molar-refractivity contribution >= 4 is 5.78 Å². The summed E-state index contributed by atoms with van der Waals surface area (Å²) in [4.78, 5) is 16.7. The number of nitrogens with zero attached hydrogens (tertiary/aromatic N) is 1. The summed E-state index contributed by atoms with van der Waals surface area (Å²) in [5, 5.41) is 30.0. The van der Waals surface area contributed by atoms with Gasteiger partial charge in [-0.15, -0.1) is 0 Å². The number of fused-ring (bicyclic) bond motifs is 4. The molecule has 0 unspecified atom stereocenters. The summed E-state index contributed by atoms with van der Waals surface area (Å²) in [6, 6.07) is 2.15. The first-order chi connectivity index (χ1) is 11.9. The molecule has 5 atom stereocenters. The lowest BCUT2D eigenvalue weighted by Gasteiger charge is -2.53. The van der Waals surface area contributed by atoms with Gasteiger partial charge in [0.05, 0.1) is 18.1 Å². The topological polar surface area (TPSA) is 90.6 Å². The number of hydrogen-bond acceptors (Lipinski definition) is 5. The minimum absolute atomic E-state index is 0.121. The van der Waals surface area contributed by atoms with Crippen LogP contribution >= 0.6 is 0 Å². The maximum Gasteiger partial charge on any atom is 0.156 e. The Morgan fingerprint density at radius 1 is 1.36 bits per heavy atom. The van der Waals surface area contributed by atoms with Crippen LogP contribution in [0.2, 0.25) is 0 Å². The minimum Gasteiger partial charge on any atom is -0.388 e. The Morgan fingerprint density at radius 3 is 2.88 bits per heavy atom. The number of hydrogen-bond donors (Lipinski definition) is 2. The van der Waals surface area contributed by atoms with Gasteiger partial charge in [0.2, 0.25) is 0 Å². The van der Waals surface area contributed by atoms with E-state index in [0.29, 0.717) is 25.2 Å². The Hall–Kier alpha value is -1.48. The summed E-state index contributed by atoms with van der Waals surface area (Å²) >= 11 is 0. The van der Waals surface area contributed by atoms with E-state index in [1.165, 1.54) is 5.57 Å². The summed E-state index contributed by atoms with van der Waals surface area (Å²) in [5.41, 5.74) is 2.01. The third-order valence-electron chi connectivity index (χ3n) is 7.51. The monoisotopic (exact) mass is 343 g/mol. The van der Waals surface area contributed by atoms with Crippen LogP contribution in [0.3, 0.4) is 0 Å². The summed E-state index contributed by atoms with van der Waals surface area (Å²) in [5.74, 6) is 0.729. The van der Waals surface area contributed by atoms with Crippen molar-refractivity contribution in [3.05, 3.63) is 22.8 Å². The van der Waals surface area contributed by atoms with Gasteiger partial charge in [0.25, 0.3) is 0 Å². The van der Waals surface area contributed by atoms with Gasteiger partial charge in [-0.05, 0) is 73.2 Å². The van der Waals surface area contributed by atoms with E-state index in [-0.39, 0.29) is 18.1 Å². The quantitative estimate of drug-likeness (QED) is 0.593. The van der Waals surface area contributed by atoms with Gasteiger partial charge in [0.15, 0.2) is 5.78 Å². The second-order valence-electron chi connectivity index (χ2n) is 8.44. The van der Waals surface area contributed by atoms with Crippen LogP contribution in [-0.2, 0) is 9.68 Å². The van der Waals surface area contributed by atoms with Gasteiger partial charge in [-0.2, -0.15) is 5.26 Å². The molecule has 5 nitrogen and oxygen atoms in total. The Balaban J connectivity index is 1.80. The highest BCUT2D eigenvalue weighted by Gasteiger charge is 2.63. The zero-order valence-electron chi connectivity index (χ0n) is 14.6. The van der Waals surface area contributed by atoms with E-state index in [9.17, 15) is 20.4 Å². The number of ketones is 1. The molecule has 4 rings (SSSR count). The summed E-state index contributed by atoms with van der Waals surface area (Å²) < 4.78 is 0. The van der Waals surface area contributed by atoms with Crippen molar-refractivity contribution in [1.82, 2.24) is 0 Å². The zero-order chi connectivity index (χ0) is 17.8. The number of carbonyl (C=O) groups excluding carboxylic acids is 1. The van der Waals surface area contributed by atoms with Crippen molar-refractivity contribution in [2.24, 2.45) is 17.3 Å². The van der Waals surface area contributed by atoms with Gasteiger partial charge >= 0.3 is 0 Å². The highest BCUT2D eigenvalue weighted by atomic mass is 17.1. The van der Waals surface area contributed by atoms with Crippen LogP contribution in [-0.4, -0.2) is 27.9 Å². The predicted molar refractivity (Wildman–Crippen MR) is 90.2 cm³/mol. The molecule has 4 aliphatic rings. The lowest BCUT2D eigenvalue weighted by atomic mass is 9.54. The molecule has 2 N–H and O–H groups in total. The Morgan fingerprint density at radius 2 is 2.16 bits per heavy atom. The first-order valence-corrected chi connectivity index (χ1v) is 9.30. The van der Waals surface area contributed by atoms with Crippen molar-refractivity contribution < 1.29 is 20.0 Å². The molecule has 2 saturated carbocycles. The first-order valence-electron chi connectivity index (χ1n) is 9.30. The van der Waals surface area contributed by atoms with Gasteiger partial charge in [0, 0.05) is 11.8 Å². The molecule has 0 heterocycles. The molecule has 2 fully saturated rings. The summed E-state index contributed by atoms with van der Waals surface area (Å²) in [6.07, 6.45) is 6.51. The molecule has 0 aliphatic heterocycles. The van der Waals surface area contributed by atoms with Crippen LogP contribution in [0.4, 0.5) is 0 Å². The SMILES string of the molecule is C[C@]12C[C@@H](OO)C3=C4CCC(=O)C=C4CC[C@H]3[C@H]1CC[C@@]2(O)CC#N. The molecule has 0 bridgehead atoms. The lowest BCUT2D eigenvalue weighted by Crippen LogP contribution is -2.53. The highest BCUT2D eigenvalue weighted by molar-refractivity contribution is 5.93. The molecule has 0 aromatic heterocycles. The van der Waals surface area contributed by atoms with Crippen molar-refractivity contribution in [3.63, 3.8) is 0 Å². The molecule has 0 spiro atoms. The van der Waals surface area contributed by atoms with Crippen molar-refractivity contribution in [3.8, 4) is 6.07 Å². The fourth-order valence-electron chi connectivity index (χ4n) is 6.20. The van der Waals surface area contributed by atoms with Crippen LogP contribution in [0.5, 0.6) is 0 Å². The molecule has 0 aromatic carbocycles. The lowest BCUT2D eigenvalue weighted by molar-refractivity contribution is -0.287. The maximum atomic E-state index is 11.8. The Kier molecular flexibility index (Phi) is 3.91. The predicted octanol–water partition coefficient (Wildman–Crippen LogP) is 3.31. The smallest absolute Gasteiger partial charge is 0.156 e. The van der Waals surface area contributed by atoms with Gasteiger partial charge in [0.1, 0.15) is 6.10 Å². The number of carbonyl (C=O) groups is 1. The third kappa shape index (κ3) is 2.28. The normalized spacial score (nSPS) is 43.0. The van der Waals surface area contributed by atoms with Crippen LogP contribution in [0.15, 0.2) is 22.8 Å². The minimum atomic E-state index is -1.02. The van der Waals surface area contributed by atoms with Gasteiger partial charge in [-0.3, -0.25) is 10.1 Å². The van der Waals surface area contributed by atoms with E-state index in [1.807, 2.05) is 0 Å². The second kappa shape index (κ2) is 5.77. The van der Waals surface area contributed by atoms with Crippen LogP contribution in [0, 0.1) is 28.6 Å². The molecule has 134 valence electrons. The molecular weight excluding hydrogens is 318 g/mol. The second-order valence-corrected chi connectivity index (χ2v) is 8.44. The molecule has 4 aliphatic carbocycles. The Labute approximate surface area is 147 Å². The van der Waals surface area contributed by atoms with Crippen LogP contribution in [0.1, 0.15) is 58.3 Å². The Bertz CT molecular complexity index is 718. The molecule has 25 heavy (non-hydrogen) atoms. The number of rotatable bonds is 2. The van der Waals surface area contributed by atoms with Gasteiger partial charge < -0.3 is 5.11 Å². The van der Waals surface area contributed by atoms with E-state index in [4.69, 9.17) is 4.89 Å². The summed E-state index contributed by atoms with van der Waals surface area (Å²) in [6.45, 7) is 2.06. The average Bonchev–Trinajstić information content (AvgIpc) is 2.85. The van der Waals surface area contributed by atoms with E-state index in [0.717, 1.165) is 36.8 Å². The molecule has 5 heteroatoms. The van der Waals surface area contributed by atoms with Gasteiger partial charge in [-0.1, -0.05) is 6.92 Å². The number of nitriles is 1. The zero-order valence-corrected chi connectivity index (χ0v) is 14.6. The van der Waals surface area contributed by atoms with E-state index < -0.39 is 17.1 Å². The first kappa shape index (κ1) is 17.0. The number of aliphatic hydroxyl groups is 1. The third-order valence-corrected chi connectivity index (χ3v) is 7.51. The standard InChI is InChI=1S/C20H25NO4/c1-19-11-17(25-24)18-14-5-3-13(22)10-12(14)2-4-15(18)16(19)6-7-20(19,23)8-9-21/h10,15-17,23-24H,2-8,11H2,1H3/t15-,16+,17+,19-,20+/m0/s1. The fraction of sp³-hybridized carbons (Fsp3) is 0.700. The van der Waals surface area contributed by atoms with Crippen molar-refractivity contribution in [2.75, 3.05) is 0 Å². The highest BCUT2D eigenvalue weighted by Crippen LogP contribution is 2.64. The van der Waals surface area contributed by atoms with E-state index in [2.05, 4.69) is 13.0 Å². The van der Waals surface area contributed by atoms with Crippen LogP contribution < -0.4 is 0 Å². The molecule has 0 aromatic rings. The summed E-state index contributed by atoms with van der Waals surface area (Å²) in [7, 11) is 0. The van der Waals surface area contributed by atoms with Crippen molar-refractivity contribution in [2.45, 2.75) is 70.0 Å². The number of allylic oxidation sites excluding steroid dienone is 3.